The summed E-state index contributed by atoms with van der Waals surface area (Å²) in [6.45, 7) is 2.00. The van der Waals surface area contributed by atoms with Gasteiger partial charge in [-0.25, -0.2) is 0 Å². The molecule has 0 aliphatic heterocycles. The van der Waals surface area contributed by atoms with Crippen molar-refractivity contribution in [3.8, 4) is 0 Å². The van der Waals surface area contributed by atoms with Crippen LogP contribution in [-0.4, -0.2) is 61.5 Å². The lowest BCUT2D eigenvalue weighted by Gasteiger charge is -2.21. The first-order valence-corrected chi connectivity index (χ1v) is 6.48. The normalized spacial score (nSPS) is 10.9. The number of aromatic nitrogens is 2. The Hall–Kier alpha value is -1.92. The summed E-state index contributed by atoms with van der Waals surface area (Å²) in [6, 6.07) is 7.58. The van der Waals surface area contributed by atoms with Crippen LogP contribution in [0, 0.1) is 0 Å². The molecule has 0 aliphatic carbocycles. The summed E-state index contributed by atoms with van der Waals surface area (Å²) >= 11 is 0. The Morgan fingerprint density at radius 3 is 2.50 bits per heavy atom. The molecule has 1 aromatic heterocycles. The predicted molar refractivity (Wildman–Crippen MR) is 75.7 cm³/mol. The van der Waals surface area contributed by atoms with Crippen molar-refractivity contribution in [3.63, 3.8) is 0 Å². The number of methoxy groups -OCH3 is 2. The molecule has 6 nitrogen and oxygen atoms in total. The van der Waals surface area contributed by atoms with E-state index in [1.54, 1.807) is 19.1 Å². The van der Waals surface area contributed by atoms with Gasteiger partial charge < -0.3 is 14.4 Å². The van der Waals surface area contributed by atoms with Crippen LogP contribution in [0.3, 0.4) is 0 Å². The Morgan fingerprint density at radius 1 is 1.20 bits per heavy atom. The van der Waals surface area contributed by atoms with Crippen molar-refractivity contribution in [1.82, 2.24) is 15.1 Å². The van der Waals surface area contributed by atoms with E-state index in [-0.39, 0.29) is 5.91 Å². The molecule has 108 valence electrons. The minimum absolute atomic E-state index is 0.114. The van der Waals surface area contributed by atoms with Crippen LogP contribution in [0.2, 0.25) is 0 Å². The number of H-pyrrole nitrogens is 1. The summed E-state index contributed by atoms with van der Waals surface area (Å²) in [7, 11) is 3.23. The molecule has 0 aliphatic rings. The monoisotopic (exact) mass is 277 g/mol. The summed E-state index contributed by atoms with van der Waals surface area (Å²) in [5.74, 6) is -0.114. The average Bonchev–Trinajstić information content (AvgIpc) is 2.91. The molecule has 1 amide bonds. The number of hydrogen-bond acceptors (Lipinski definition) is 4. The van der Waals surface area contributed by atoms with Gasteiger partial charge in [0, 0.05) is 32.7 Å². The molecule has 1 N–H and O–H groups in total. The summed E-state index contributed by atoms with van der Waals surface area (Å²) in [4.78, 5) is 14.3. The van der Waals surface area contributed by atoms with Crippen LogP contribution < -0.4 is 0 Å². The minimum atomic E-state index is -0.114. The number of fused-ring (bicyclic) bond motifs is 1. The number of para-hydroxylation sites is 1. The van der Waals surface area contributed by atoms with E-state index in [1.807, 2.05) is 24.3 Å². The Morgan fingerprint density at radius 2 is 1.85 bits per heavy atom. The highest BCUT2D eigenvalue weighted by atomic mass is 16.5. The highest BCUT2D eigenvalue weighted by Crippen LogP contribution is 2.16. The van der Waals surface area contributed by atoms with Gasteiger partial charge in [-0.05, 0) is 6.07 Å². The first kappa shape index (κ1) is 14.5. The van der Waals surface area contributed by atoms with Crippen molar-refractivity contribution in [2.45, 2.75) is 0 Å². The van der Waals surface area contributed by atoms with Gasteiger partial charge in [0.15, 0.2) is 5.69 Å². The highest BCUT2D eigenvalue weighted by molar-refractivity contribution is 6.04. The standard InChI is InChI=1S/C14H19N3O3/c1-19-9-7-17(8-10-20-2)14(18)13-11-5-3-4-6-12(11)15-16-13/h3-6H,7-10H2,1-2H3,(H,15,16). The molecule has 0 saturated carbocycles. The predicted octanol–water partition coefficient (Wildman–Crippen LogP) is 1.30. The van der Waals surface area contributed by atoms with Crippen molar-refractivity contribution in [3.05, 3.63) is 30.0 Å². The van der Waals surface area contributed by atoms with Gasteiger partial charge in [-0.1, -0.05) is 18.2 Å². The van der Waals surface area contributed by atoms with Gasteiger partial charge in [0.05, 0.1) is 18.7 Å². The molecule has 1 aromatic carbocycles. The molecule has 0 saturated heterocycles. The maximum Gasteiger partial charge on any atom is 0.275 e. The first-order chi connectivity index (χ1) is 9.77. The summed E-state index contributed by atoms with van der Waals surface area (Å²) in [6.07, 6.45) is 0. The van der Waals surface area contributed by atoms with Crippen LogP contribution in [0.15, 0.2) is 24.3 Å². The number of aromatic amines is 1. The topological polar surface area (TPSA) is 67.5 Å². The second-order valence-corrected chi connectivity index (χ2v) is 4.40. The third kappa shape index (κ3) is 3.15. The Bertz CT molecular complexity index is 560. The zero-order valence-electron chi connectivity index (χ0n) is 11.8. The third-order valence-corrected chi connectivity index (χ3v) is 3.09. The number of carbonyl (C=O) groups is 1. The van der Waals surface area contributed by atoms with Crippen molar-refractivity contribution in [2.75, 3.05) is 40.5 Å². The number of amides is 1. The molecule has 2 aromatic rings. The fourth-order valence-electron chi connectivity index (χ4n) is 1.99. The first-order valence-electron chi connectivity index (χ1n) is 6.48. The van der Waals surface area contributed by atoms with E-state index in [9.17, 15) is 4.79 Å². The van der Waals surface area contributed by atoms with Crippen molar-refractivity contribution in [2.24, 2.45) is 0 Å². The number of ether oxygens (including phenoxy) is 2. The van der Waals surface area contributed by atoms with Crippen LogP contribution in [0.5, 0.6) is 0 Å². The van der Waals surface area contributed by atoms with E-state index >= 15 is 0 Å². The lowest BCUT2D eigenvalue weighted by molar-refractivity contribution is 0.0623. The van der Waals surface area contributed by atoms with E-state index in [2.05, 4.69) is 10.2 Å². The number of nitrogens with one attached hydrogen (secondary N) is 1. The summed E-state index contributed by atoms with van der Waals surface area (Å²) < 4.78 is 10.1. The van der Waals surface area contributed by atoms with Gasteiger partial charge in [0.25, 0.3) is 5.91 Å². The van der Waals surface area contributed by atoms with Crippen molar-refractivity contribution >= 4 is 16.8 Å². The summed E-state index contributed by atoms with van der Waals surface area (Å²) in [5.41, 5.74) is 1.29. The molecule has 0 bridgehead atoms. The van der Waals surface area contributed by atoms with Gasteiger partial charge in [0.2, 0.25) is 0 Å². The largest absolute Gasteiger partial charge is 0.383 e. The minimum Gasteiger partial charge on any atom is -0.383 e. The van der Waals surface area contributed by atoms with Crippen LogP contribution in [0.25, 0.3) is 10.9 Å². The highest BCUT2D eigenvalue weighted by Gasteiger charge is 2.20. The molecule has 0 radical (unpaired) electrons. The van der Waals surface area contributed by atoms with Crippen LogP contribution in [0.1, 0.15) is 10.5 Å². The Labute approximate surface area is 117 Å². The molecule has 0 atom stereocenters. The zero-order valence-corrected chi connectivity index (χ0v) is 11.8. The third-order valence-electron chi connectivity index (χ3n) is 3.09. The van der Waals surface area contributed by atoms with Gasteiger partial charge in [-0.15, -0.1) is 0 Å². The smallest absolute Gasteiger partial charge is 0.275 e. The van der Waals surface area contributed by atoms with Crippen LogP contribution in [-0.2, 0) is 9.47 Å². The summed E-state index contributed by atoms with van der Waals surface area (Å²) in [5, 5.41) is 7.84. The fourth-order valence-corrected chi connectivity index (χ4v) is 1.99. The number of rotatable bonds is 7. The molecular weight excluding hydrogens is 258 g/mol. The number of benzene rings is 1. The van der Waals surface area contributed by atoms with Crippen LogP contribution >= 0.6 is 0 Å². The molecule has 0 unspecified atom stereocenters. The molecule has 0 fully saturated rings. The van der Waals surface area contributed by atoms with Crippen LogP contribution in [0.4, 0.5) is 0 Å². The Balaban J connectivity index is 2.21. The number of hydrogen-bond donors (Lipinski definition) is 1. The van der Waals surface area contributed by atoms with E-state index < -0.39 is 0 Å². The van der Waals surface area contributed by atoms with Crippen molar-refractivity contribution in [1.29, 1.82) is 0 Å². The Kier molecular flexibility index (Phi) is 5.09. The van der Waals surface area contributed by atoms with Gasteiger partial charge in [0.1, 0.15) is 0 Å². The van der Waals surface area contributed by atoms with E-state index in [0.29, 0.717) is 32.0 Å². The maximum absolute atomic E-state index is 12.6. The fraction of sp³-hybridized carbons (Fsp3) is 0.429. The molecular formula is C14H19N3O3. The van der Waals surface area contributed by atoms with E-state index in [4.69, 9.17) is 9.47 Å². The van der Waals surface area contributed by atoms with Gasteiger partial charge in [-0.2, -0.15) is 5.10 Å². The van der Waals surface area contributed by atoms with E-state index in [1.165, 1.54) is 0 Å². The second kappa shape index (κ2) is 7.02. The van der Waals surface area contributed by atoms with Gasteiger partial charge in [-0.3, -0.25) is 9.89 Å². The second-order valence-electron chi connectivity index (χ2n) is 4.40. The lowest BCUT2D eigenvalue weighted by atomic mass is 10.2. The SMILES string of the molecule is COCCN(CCOC)C(=O)c1n[nH]c2ccccc12. The zero-order chi connectivity index (χ0) is 14.4. The number of nitrogens with zero attached hydrogens (tertiary/aromatic N) is 2. The molecule has 1 heterocycles. The average molecular weight is 277 g/mol. The lowest BCUT2D eigenvalue weighted by Crippen LogP contribution is -2.36. The molecule has 6 heteroatoms. The molecule has 2 rings (SSSR count). The number of carbonyl (C=O) groups excluding carboxylic acids is 1. The van der Waals surface area contributed by atoms with Gasteiger partial charge >= 0.3 is 0 Å². The molecule has 0 spiro atoms. The molecule has 20 heavy (non-hydrogen) atoms. The van der Waals surface area contributed by atoms with E-state index in [0.717, 1.165) is 10.9 Å². The maximum atomic E-state index is 12.6. The van der Waals surface area contributed by atoms with Crippen molar-refractivity contribution < 1.29 is 14.3 Å². The quantitative estimate of drug-likeness (QED) is 0.828.